The normalized spacial score (nSPS) is 21.1. The predicted molar refractivity (Wildman–Crippen MR) is 105 cm³/mol. The Kier molecular flexibility index (Phi) is 4.97. The number of likely N-dealkylation sites (tertiary alicyclic amines) is 1. The summed E-state index contributed by atoms with van der Waals surface area (Å²) in [4.78, 5) is 36.3. The number of piperidine rings is 1. The van der Waals surface area contributed by atoms with Gasteiger partial charge in [-0.1, -0.05) is 37.3 Å². The lowest BCUT2D eigenvalue weighted by Gasteiger charge is -2.30. The van der Waals surface area contributed by atoms with Gasteiger partial charge in [0.1, 0.15) is 0 Å². The number of benzene rings is 1. The van der Waals surface area contributed by atoms with Gasteiger partial charge in [-0.15, -0.1) is 0 Å². The zero-order valence-corrected chi connectivity index (χ0v) is 15.7. The van der Waals surface area contributed by atoms with E-state index in [-0.39, 0.29) is 17.4 Å². The third-order valence-electron chi connectivity index (χ3n) is 5.68. The Morgan fingerprint density at radius 3 is 2.63 bits per heavy atom. The third kappa shape index (κ3) is 4.04. The van der Waals surface area contributed by atoms with Crippen molar-refractivity contribution in [3.05, 3.63) is 58.0 Å². The van der Waals surface area contributed by atoms with Gasteiger partial charge in [0.25, 0.3) is 5.56 Å². The first-order chi connectivity index (χ1) is 13.1. The number of rotatable bonds is 4. The first kappa shape index (κ1) is 17.8. The van der Waals surface area contributed by atoms with Crippen molar-refractivity contribution in [1.29, 1.82) is 0 Å². The van der Waals surface area contributed by atoms with Gasteiger partial charge in [0, 0.05) is 44.6 Å². The Bertz CT molecular complexity index is 856. The van der Waals surface area contributed by atoms with Crippen LogP contribution in [-0.2, 0) is 11.3 Å². The monoisotopic (exact) mass is 366 g/mol. The Labute approximate surface area is 159 Å². The number of aromatic nitrogens is 2. The summed E-state index contributed by atoms with van der Waals surface area (Å²) in [6.45, 7) is 5.31. The van der Waals surface area contributed by atoms with Gasteiger partial charge in [-0.2, -0.15) is 0 Å². The molecule has 0 saturated carbocycles. The summed E-state index contributed by atoms with van der Waals surface area (Å²) in [6, 6.07) is 11.6. The van der Waals surface area contributed by atoms with E-state index in [1.807, 2.05) is 35.2 Å². The lowest BCUT2D eigenvalue weighted by atomic mass is 9.99. The quantitative estimate of drug-likeness (QED) is 0.903. The van der Waals surface area contributed by atoms with Crippen molar-refractivity contribution in [2.45, 2.75) is 38.6 Å². The molecular weight excluding hydrogens is 340 g/mol. The summed E-state index contributed by atoms with van der Waals surface area (Å²) in [6.07, 6.45) is 2.64. The highest BCUT2D eigenvalue weighted by molar-refractivity contribution is 5.79. The number of nitrogens with zero attached hydrogens (tertiary/aromatic N) is 3. The minimum absolute atomic E-state index is 0.0222. The second-order valence-corrected chi connectivity index (χ2v) is 7.82. The average Bonchev–Trinajstić information content (AvgIpc) is 3.03. The van der Waals surface area contributed by atoms with Crippen LogP contribution in [0.5, 0.6) is 0 Å². The molecule has 6 heteroatoms. The number of aromatic amines is 1. The summed E-state index contributed by atoms with van der Waals surface area (Å²) >= 11 is 0. The summed E-state index contributed by atoms with van der Waals surface area (Å²) in [5.74, 6) is 1.47. The van der Waals surface area contributed by atoms with E-state index in [1.165, 1.54) is 0 Å². The van der Waals surface area contributed by atoms with Crippen molar-refractivity contribution in [1.82, 2.24) is 14.9 Å². The number of hydrogen-bond acceptors (Lipinski definition) is 4. The Balaban J connectivity index is 1.50. The molecule has 1 aromatic heterocycles. The van der Waals surface area contributed by atoms with E-state index >= 15 is 0 Å². The van der Waals surface area contributed by atoms with E-state index in [0.717, 1.165) is 43.1 Å². The van der Waals surface area contributed by atoms with Gasteiger partial charge in [0.05, 0.1) is 5.69 Å². The fourth-order valence-electron chi connectivity index (χ4n) is 3.97. The van der Waals surface area contributed by atoms with Gasteiger partial charge < -0.3 is 9.80 Å². The van der Waals surface area contributed by atoms with E-state index in [9.17, 15) is 9.59 Å². The predicted octanol–water partition coefficient (Wildman–Crippen LogP) is 2.52. The van der Waals surface area contributed by atoms with Crippen LogP contribution in [0, 0.1) is 5.92 Å². The van der Waals surface area contributed by atoms with Crippen molar-refractivity contribution in [2.75, 3.05) is 24.5 Å². The molecular formula is C21H26N4O2. The van der Waals surface area contributed by atoms with Crippen LogP contribution in [-0.4, -0.2) is 40.4 Å². The molecule has 4 rings (SSSR count). The van der Waals surface area contributed by atoms with Crippen molar-refractivity contribution < 1.29 is 4.79 Å². The van der Waals surface area contributed by atoms with Crippen molar-refractivity contribution in [3.8, 4) is 0 Å². The molecule has 27 heavy (non-hydrogen) atoms. The number of carbonyl (C=O) groups is 1. The molecule has 0 aliphatic carbocycles. The van der Waals surface area contributed by atoms with Crippen LogP contribution in [0.25, 0.3) is 0 Å². The number of hydrogen-bond donors (Lipinski definition) is 1. The Hall–Kier alpha value is -2.63. The highest BCUT2D eigenvalue weighted by atomic mass is 16.2. The van der Waals surface area contributed by atoms with Crippen molar-refractivity contribution >= 4 is 11.9 Å². The molecule has 2 aromatic rings. The third-order valence-corrected chi connectivity index (χ3v) is 5.68. The molecule has 0 spiro atoms. The zero-order chi connectivity index (χ0) is 18.8. The molecule has 0 radical (unpaired) electrons. The van der Waals surface area contributed by atoms with Crippen molar-refractivity contribution in [3.63, 3.8) is 0 Å². The number of anilines is 1. The molecule has 1 aromatic carbocycles. The number of amides is 1. The summed E-state index contributed by atoms with van der Waals surface area (Å²) in [5.41, 5.74) is 1.72. The van der Waals surface area contributed by atoms with Crippen LogP contribution in [0.3, 0.4) is 0 Å². The van der Waals surface area contributed by atoms with Gasteiger partial charge in [-0.3, -0.25) is 14.6 Å². The van der Waals surface area contributed by atoms with E-state index in [1.54, 1.807) is 6.07 Å². The van der Waals surface area contributed by atoms with Crippen LogP contribution in [0.4, 0.5) is 5.95 Å². The Morgan fingerprint density at radius 2 is 1.89 bits per heavy atom. The second-order valence-electron chi connectivity index (χ2n) is 7.82. The number of carbonyl (C=O) groups excluding carboxylic acids is 1. The highest BCUT2D eigenvalue weighted by Gasteiger charge is 2.32. The fraction of sp³-hybridized carbons (Fsp3) is 0.476. The lowest BCUT2D eigenvalue weighted by Crippen LogP contribution is -2.35. The standard InChI is InChI=1S/C21H26N4O2/c1-15-7-9-24(10-8-15)21-22-18(12-19(26)23-21)17-11-20(27)25(14-17)13-16-5-3-2-4-6-16/h2-6,12,15,17H,7-11,13-14H2,1H3,(H,22,23,26)/t17-/m1/s1. The zero-order valence-electron chi connectivity index (χ0n) is 15.7. The van der Waals surface area contributed by atoms with Crippen molar-refractivity contribution in [2.24, 2.45) is 5.92 Å². The molecule has 2 aliphatic rings. The summed E-state index contributed by atoms with van der Waals surface area (Å²) in [7, 11) is 0. The molecule has 2 saturated heterocycles. The van der Waals surface area contributed by atoms with Gasteiger partial charge in [0.2, 0.25) is 11.9 Å². The molecule has 2 fully saturated rings. The first-order valence-corrected chi connectivity index (χ1v) is 9.76. The van der Waals surface area contributed by atoms with Crippen LogP contribution in [0.1, 0.15) is 43.4 Å². The molecule has 3 heterocycles. The van der Waals surface area contributed by atoms with E-state index in [4.69, 9.17) is 4.98 Å². The maximum atomic E-state index is 12.5. The first-order valence-electron chi connectivity index (χ1n) is 9.76. The van der Waals surface area contributed by atoms with Gasteiger partial charge in [-0.05, 0) is 24.3 Å². The largest absolute Gasteiger partial charge is 0.342 e. The van der Waals surface area contributed by atoms with E-state index in [2.05, 4.69) is 16.8 Å². The smallest absolute Gasteiger partial charge is 0.252 e. The molecule has 142 valence electrons. The van der Waals surface area contributed by atoms with Crippen LogP contribution in [0.15, 0.2) is 41.2 Å². The topological polar surface area (TPSA) is 69.3 Å². The fourth-order valence-corrected chi connectivity index (χ4v) is 3.97. The molecule has 1 amide bonds. The summed E-state index contributed by atoms with van der Waals surface area (Å²) < 4.78 is 0. The number of H-pyrrole nitrogens is 1. The lowest BCUT2D eigenvalue weighted by molar-refractivity contribution is -0.128. The maximum absolute atomic E-state index is 12.5. The minimum Gasteiger partial charge on any atom is -0.342 e. The van der Waals surface area contributed by atoms with Crippen LogP contribution >= 0.6 is 0 Å². The second kappa shape index (κ2) is 7.55. The maximum Gasteiger partial charge on any atom is 0.252 e. The van der Waals surface area contributed by atoms with E-state index < -0.39 is 0 Å². The molecule has 0 unspecified atom stereocenters. The van der Waals surface area contributed by atoms with Crippen LogP contribution < -0.4 is 10.5 Å². The SMILES string of the molecule is CC1CCN(c2nc([C@@H]3CC(=O)N(Cc4ccccc4)C3)cc(=O)[nH]2)CC1. The average molecular weight is 366 g/mol. The molecule has 6 nitrogen and oxygen atoms in total. The molecule has 1 N–H and O–H groups in total. The molecule has 2 aliphatic heterocycles. The molecule has 1 atom stereocenters. The number of nitrogens with one attached hydrogen (secondary N) is 1. The Morgan fingerprint density at radius 1 is 1.15 bits per heavy atom. The van der Waals surface area contributed by atoms with Gasteiger partial charge in [-0.25, -0.2) is 4.98 Å². The van der Waals surface area contributed by atoms with Gasteiger partial charge in [0.15, 0.2) is 0 Å². The van der Waals surface area contributed by atoms with Crippen LogP contribution in [0.2, 0.25) is 0 Å². The summed E-state index contributed by atoms with van der Waals surface area (Å²) in [5, 5.41) is 0. The highest BCUT2D eigenvalue weighted by Crippen LogP contribution is 2.28. The van der Waals surface area contributed by atoms with Gasteiger partial charge >= 0.3 is 0 Å². The molecule has 0 bridgehead atoms. The minimum atomic E-state index is -0.136. The van der Waals surface area contributed by atoms with E-state index in [0.29, 0.717) is 25.5 Å².